The molecular weight excluding hydrogens is 178 g/mol. The van der Waals surface area contributed by atoms with E-state index in [0.29, 0.717) is 12.1 Å². The normalized spacial score (nSPS) is 9.86. The number of anilines is 1. The van der Waals surface area contributed by atoms with E-state index in [9.17, 15) is 4.79 Å². The van der Waals surface area contributed by atoms with Crippen molar-refractivity contribution in [2.24, 2.45) is 11.5 Å². The van der Waals surface area contributed by atoms with Crippen molar-refractivity contribution < 1.29 is 4.79 Å². The third-order valence-corrected chi connectivity index (χ3v) is 1.97. The van der Waals surface area contributed by atoms with Crippen molar-refractivity contribution in [1.29, 1.82) is 0 Å². The lowest BCUT2D eigenvalue weighted by atomic mass is 10.1. The Bertz CT molecular complexity index is 336. The molecule has 0 unspecified atom stereocenters. The fraction of sp³-hybridized carbons (Fsp3) is 0.300. The molecular formula is C10H15N3O. The van der Waals surface area contributed by atoms with Crippen LogP contribution in [0.25, 0.3) is 0 Å². The van der Waals surface area contributed by atoms with Gasteiger partial charge in [-0.2, -0.15) is 0 Å². The number of amides is 1. The summed E-state index contributed by atoms with van der Waals surface area (Å²) in [5, 5.41) is 3.15. The van der Waals surface area contributed by atoms with Gasteiger partial charge in [0.15, 0.2) is 0 Å². The third kappa shape index (κ3) is 2.47. The van der Waals surface area contributed by atoms with E-state index < -0.39 is 5.91 Å². The van der Waals surface area contributed by atoms with Crippen molar-refractivity contribution in [3.8, 4) is 0 Å². The van der Waals surface area contributed by atoms with E-state index in [0.717, 1.165) is 17.8 Å². The van der Waals surface area contributed by atoms with Crippen molar-refractivity contribution in [1.82, 2.24) is 0 Å². The van der Waals surface area contributed by atoms with E-state index in [1.807, 2.05) is 13.0 Å². The van der Waals surface area contributed by atoms with Gasteiger partial charge >= 0.3 is 0 Å². The van der Waals surface area contributed by atoms with Crippen molar-refractivity contribution in [2.45, 2.75) is 6.92 Å². The van der Waals surface area contributed by atoms with Crippen LogP contribution in [0.2, 0.25) is 0 Å². The third-order valence-electron chi connectivity index (χ3n) is 1.97. The number of benzene rings is 1. The van der Waals surface area contributed by atoms with E-state index in [1.54, 1.807) is 12.1 Å². The van der Waals surface area contributed by atoms with Crippen LogP contribution >= 0.6 is 0 Å². The number of nitrogens with one attached hydrogen (secondary N) is 1. The summed E-state index contributed by atoms with van der Waals surface area (Å²) in [5.74, 6) is -0.404. The van der Waals surface area contributed by atoms with Crippen LogP contribution < -0.4 is 16.8 Å². The van der Waals surface area contributed by atoms with Crippen LogP contribution in [0.15, 0.2) is 18.2 Å². The molecule has 0 saturated carbocycles. The van der Waals surface area contributed by atoms with Gasteiger partial charge in [-0.1, -0.05) is 0 Å². The zero-order chi connectivity index (χ0) is 10.6. The maximum Gasteiger partial charge on any atom is 0.248 e. The predicted octanol–water partition coefficient (Wildman–Crippen LogP) is 0.465. The summed E-state index contributed by atoms with van der Waals surface area (Å²) < 4.78 is 0. The molecule has 1 aromatic carbocycles. The quantitative estimate of drug-likeness (QED) is 0.650. The molecule has 0 saturated heterocycles. The molecule has 1 rings (SSSR count). The highest BCUT2D eigenvalue weighted by Gasteiger charge is 2.02. The van der Waals surface area contributed by atoms with Crippen molar-refractivity contribution in [2.75, 3.05) is 18.4 Å². The van der Waals surface area contributed by atoms with Gasteiger partial charge in [-0.3, -0.25) is 4.79 Å². The molecule has 0 fully saturated rings. The molecule has 0 aliphatic carbocycles. The van der Waals surface area contributed by atoms with E-state index in [4.69, 9.17) is 11.5 Å². The lowest BCUT2D eigenvalue weighted by molar-refractivity contribution is 0.100. The summed E-state index contributed by atoms with van der Waals surface area (Å²) in [6.07, 6.45) is 0. The first-order valence-electron chi connectivity index (χ1n) is 4.49. The standard InChI is InChI=1S/C10H15N3O/c1-7-6-8(10(12)14)2-3-9(7)13-5-4-11/h2-3,6,13H,4-5,11H2,1H3,(H2,12,14). The highest BCUT2D eigenvalue weighted by Crippen LogP contribution is 2.15. The molecule has 1 aromatic rings. The average molecular weight is 193 g/mol. The van der Waals surface area contributed by atoms with Gasteiger partial charge in [0.05, 0.1) is 0 Å². The Hall–Kier alpha value is -1.55. The van der Waals surface area contributed by atoms with Crippen molar-refractivity contribution in [3.05, 3.63) is 29.3 Å². The van der Waals surface area contributed by atoms with Crippen LogP contribution in [-0.2, 0) is 0 Å². The molecule has 76 valence electrons. The molecule has 0 radical (unpaired) electrons. The summed E-state index contributed by atoms with van der Waals surface area (Å²) in [6.45, 7) is 3.22. The first kappa shape index (κ1) is 10.5. The molecule has 4 nitrogen and oxygen atoms in total. The van der Waals surface area contributed by atoms with Gasteiger partial charge in [0.25, 0.3) is 0 Å². The molecule has 14 heavy (non-hydrogen) atoms. The van der Waals surface area contributed by atoms with Gasteiger partial charge in [-0.15, -0.1) is 0 Å². The Morgan fingerprint density at radius 3 is 2.71 bits per heavy atom. The molecule has 0 spiro atoms. The Kier molecular flexibility index (Phi) is 3.48. The van der Waals surface area contributed by atoms with Crippen LogP contribution in [-0.4, -0.2) is 19.0 Å². The minimum absolute atomic E-state index is 0.404. The SMILES string of the molecule is Cc1cc(C(N)=O)ccc1NCCN. The Morgan fingerprint density at radius 2 is 2.21 bits per heavy atom. The van der Waals surface area contributed by atoms with Crippen molar-refractivity contribution in [3.63, 3.8) is 0 Å². The molecule has 0 bridgehead atoms. The number of aryl methyl sites for hydroxylation is 1. The zero-order valence-electron chi connectivity index (χ0n) is 8.21. The highest BCUT2D eigenvalue weighted by molar-refractivity contribution is 5.93. The lowest BCUT2D eigenvalue weighted by Crippen LogP contribution is -2.15. The van der Waals surface area contributed by atoms with Crippen LogP contribution in [0.1, 0.15) is 15.9 Å². The largest absolute Gasteiger partial charge is 0.384 e. The fourth-order valence-electron chi connectivity index (χ4n) is 1.22. The Labute approximate surface area is 83.3 Å². The molecule has 0 heterocycles. The molecule has 5 N–H and O–H groups in total. The van der Waals surface area contributed by atoms with Crippen molar-refractivity contribution >= 4 is 11.6 Å². The first-order chi connectivity index (χ1) is 6.65. The monoisotopic (exact) mass is 193 g/mol. The minimum atomic E-state index is -0.404. The number of hydrogen-bond donors (Lipinski definition) is 3. The number of carbonyl (C=O) groups is 1. The molecule has 0 aliphatic heterocycles. The van der Waals surface area contributed by atoms with Crippen LogP contribution in [0.4, 0.5) is 5.69 Å². The van der Waals surface area contributed by atoms with Gasteiger partial charge in [-0.05, 0) is 30.7 Å². The predicted molar refractivity (Wildman–Crippen MR) is 57.2 cm³/mol. The van der Waals surface area contributed by atoms with E-state index >= 15 is 0 Å². The second kappa shape index (κ2) is 4.62. The maximum absolute atomic E-state index is 10.9. The van der Waals surface area contributed by atoms with Crippen LogP contribution in [0.5, 0.6) is 0 Å². The maximum atomic E-state index is 10.9. The van der Waals surface area contributed by atoms with E-state index in [2.05, 4.69) is 5.32 Å². The van der Waals surface area contributed by atoms with E-state index in [-0.39, 0.29) is 0 Å². The van der Waals surface area contributed by atoms with Crippen LogP contribution in [0.3, 0.4) is 0 Å². The van der Waals surface area contributed by atoms with Crippen LogP contribution in [0, 0.1) is 6.92 Å². The number of primary amides is 1. The Balaban J connectivity index is 2.84. The zero-order valence-corrected chi connectivity index (χ0v) is 8.21. The minimum Gasteiger partial charge on any atom is -0.384 e. The summed E-state index contributed by atoms with van der Waals surface area (Å²) in [6, 6.07) is 5.31. The van der Waals surface area contributed by atoms with Gasteiger partial charge in [0, 0.05) is 24.3 Å². The average Bonchev–Trinajstić information content (AvgIpc) is 2.15. The molecule has 4 heteroatoms. The van der Waals surface area contributed by atoms with Gasteiger partial charge in [0.1, 0.15) is 0 Å². The summed E-state index contributed by atoms with van der Waals surface area (Å²) in [7, 11) is 0. The van der Waals surface area contributed by atoms with E-state index in [1.165, 1.54) is 0 Å². The second-order valence-electron chi connectivity index (χ2n) is 3.11. The summed E-state index contributed by atoms with van der Waals surface area (Å²) in [4.78, 5) is 10.9. The molecule has 1 amide bonds. The number of hydrogen-bond acceptors (Lipinski definition) is 3. The summed E-state index contributed by atoms with van der Waals surface area (Å²) in [5.41, 5.74) is 13.0. The molecule has 0 aromatic heterocycles. The number of carbonyl (C=O) groups excluding carboxylic acids is 1. The van der Waals surface area contributed by atoms with Gasteiger partial charge in [0.2, 0.25) is 5.91 Å². The molecule has 0 atom stereocenters. The smallest absolute Gasteiger partial charge is 0.248 e. The molecule has 0 aliphatic rings. The van der Waals surface area contributed by atoms with Gasteiger partial charge < -0.3 is 16.8 Å². The van der Waals surface area contributed by atoms with Gasteiger partial charge in [-0.25, -0.2) is 0 Å². The Morgan fingerprint density at radius 1 is 1.50 bits per heavy atom. The summed E-state index contributed by atoms with van der Waals surface area (Å²) >= 11 is 0. The first-order valence-corrected chi connectivity index (χ1v) is 4.49. The lowest BCUT2D eigenvalue weighted by Gasteiger charge is -2.08. The fourth-order valence-corrected chi connectivity index (χ4v) is 1.22. The highest BCUT2D eigenvalue weighted by atomic mass is 16.1. The topological polar surface area (TPSA) is 81.1 Å². The number of rotatable bonds is 4. The number of nitrogens with two attached hydrogens (primary N) is 2. The second-order valence-corrected chi connectivity index (χ2v) is 3.11.